The van der Waals surface area contributed by atoms with E-state index in [0.29, 0.717) is 13.0 Å². The first kappa shape index (κ1) is 53.8. The molecule has 13 heteroatoms. The lowest BCUT2D eigenvalue weighted by molar-refractivity contribution is -0.220. The largest absolute Gasteiger partial charge is 0.472 e. The summed E-state index contributed by atoms with van der Waals surface area (Å²) in [5, 5.41) is 50.1. The number of allylic oxidation sites excluding steroid dienone is 4. The minimum absolute atomic E-state index is 0.0820. The fourth-order valence-electron chi connectivity index (χ4n) is 6.87. The van der Waals surface area contributed by atoms with Crippen molar-refractivity contribution in [3.8, 4) is 0 Å². The van der Waals surface area contributed by atoms with Crippen molar-refractivity contribution in [3.63, 3.8) is 0 Å². The number of rotatable bonds is 38. The molecule has 0 saturated heterocycles. The molecule has 1 aliphatic rings. The first-order valence-electron chi connectivity index (χ1n) is 22.7. The molecule has 6 N–H and O–H groups in total. The molecule has 0 aromatic carbocycles. The fourth-order valence-corrected chi connectivity index (χ4v) is 7.85. The Morgan fingerprint density at radius 3 is 1.39 bits per heavy atom. The van der Waals surface area contributed by atoms with Crippen molar-refractivity contribution >= 4 is 13.8 Å². The van der Waals surface area contributed by atoms with E-state index in [1.54, 1.807) is 0 Å². The van der Waals surface area contributed by atoms with Crippen LogP contribution >= 0.6 is 7.82 Å². The van der Waals surface area contributed by atoms with E-state index in [1.807, 2.05) is 0 Å². The van der Waals surface area contributed by atoms with E-state index < -0.39 is 63.1 Å². The summed E-state index contributed by atoms with van der Waals surface area (Å²) in [6.45, 7) is 4.22. The lowest BCUT2D eigenvalue weighted by atomic mass is 9.85. The molecule has 0 bridgehead atoms. The van der Waals surface area contributed by atoms with Crippen molar-refractivity contribution in [2.24, 2.45) is 0 Å². The van der Waals surface area contributed by atoms with Crippen LogP contribution in [0.25, 0.3) is 0 Å². The fraction of sp³-hybridized carbons (Fsp3) is 0.886. The summed E-state index contributed by atoms with van der Waals surface area (Å²) >= 11 is 0. The number of unbranched alkanes of at least 4 members (excludes halogenated alkanes) is 22. The maximum Gasteiger partial charge on any atom is 0.472 e. The summed E-state index contributed by atoms with van der Waals surface area (Å²) in [5.41, 5.74) is 0. The second-order valence-electron chi connectivity index (χ2n) is 15.9. The van der Waals surface area contributed by atoms with Gasteiger partial charge in [0.1, 0.15) is 42.7 Å². The Labute approximate surface area is 345 Å². The van der Waals surface area contributed by atoms with Crippen LogP contribution in [0.15, 0.2) is 24.3 Å². The lowest BCUT2D eigenvalue weighted by Crippen LogP contribution is -2.64. The van der Waals surface area contributed by atoms with Crippen molar-refractivity contribution in [1.29, 1.82) is 0 Å². The zero-order chi connectivity index (χ0) is 42.0. The lowest BCUT2D eigenvalue weighted by Gasteiger charge is -2.41. The molecule has 1 aliphatic carbocycles. The van der Waals surface area contributed by atoms with Crippen LogP contribution in [-0.4, -0.2) is 98.9 Å². The van der Waals surface area contributed by atoms with Gasteiger partial charge in [-0.25, -0.2) is 4.57 Å². The van der Waals surface area contributed by atoms with Gasteiger partial charge in [-0.2, -0.15) is 0 Å². The second kappa shape index (κ2) is 35.6. The molecular formula is C44H83O12P. The van der Waals surface area contributed by atoms with Gasteiger partial charge in [0.05, 0.1) is 13.2 Å². The molecule has 1 fully saturated rings. The van der Waals surface area contributed by atoms with Gasteiger partial charge in [0, 0.05) is 13.0 Å². The third-order valence-electron chi connectivity index (χ3n) is 10.5. The molecule has 0 amide bonds. The minimum atomic E-state index is -5.02. The summed E-state index contributed by atoms with van der Waals surface area (Å²) in [7, 11) is -5.02. The summed E-state index contributed by atoms with van der Waals surface area (Å²) in [6.07, 6.45) is 26.7. The maximum atomic E-state index is 12.8. The first-order valence-corrected chi connectivity index (χ1v) is 24.2. The molecule has 336 valence electrons. The molecule has 0 aromatic heterocycles. The number of phosphoric acid groups is 1. The SMILES string of the molecule is CCCCCCC/C=C\CCCCCCCCOCC(COP(=O)(O)OC1C(O)C(O)C(O)C(O)C1O)OC(=O)CCCCCCC/C=C\CCCCCCCC. The zero-order valence-electron chi connectivity index (χ0n) is 35.6. The third kappa shape index (κ3) is 28.1. The smallest absolute Gasteiger partial charge is 0.457 e. The van der Waals surface area contributed by atoms with Crippen LogP contribution in [0.5, 0.6) is 0 Å². The van der Waals surface area contributed by atoms with Gasteiger partial charge in [-0.05, 0) is 64.2 Å². The summed E-state index contributed by atoms with van der Waals surface area (Å²) in [6, 6.07) is 0. The Kier molecular flexibility index (Phi) is 33.6. The summed E-state index contributed by atoms with van der Waals surface area (Å²) in [5.74, 6) is -0.487. The summed E-state index contributed by atoms with van der Waals surface area (Å²) < 4.78 is 34.1. The quantitative estimate of drug-likeness (QED) is 0.0150. The molecule has 0 aliphatic heterocycles. The number of ether oxygens (including phenoxy) is 2. The Morgan fingerprint density at radius 1 is 0.544 bits per heavy atom. The molecule has 0 spiro atoms. The Hall–Kier alpha value is -1.18. The number of esters is 1. The van der Waals surface area contributed by atoms with Crippen molar-refractivity contribution < 1.29 is 58.3 Å². The van der Waals surface area contributed by atoms with E-state index in [1.165, 1.54) is 89.9 Å². The normalized spacial score (nSPS) is 23.0. The molecular weight excluding hydrogens is 751 g/mol. The van der Waals surface area contributed by atoms with E-state index in [4.69, 9.17) is 18.5 Å². The first-order chi connectivity index (χ1) is 27.5. The van der Waals surface area contributed by atoms with Gasteiger partial charge in [-0.3, -0.25) is 13.8 Å². The Bertz CT molecular complexity index is 1040. The number of hydrogen-bond donors (Lipinski definition) is 6. The highest BCUT2D eigenvalue weighted by atomic mass is 31.2. The van der Waals surface area contributed by atoms with Crippen LogP contribution in [0, 0.1) is 0 Å². The van der Waals surface area contributed by atoms with Gasteiger partial charge in [0.25, 0.3) is 0 Å². The molecule has 0 heterocycles. The molecule has 12 nitrogen and oxygen atoms in total. The van der Waals surface area contributed by atoms with Gasteiger partial charge in [0.15, 0.2) is 0 Å². The Balaban J connectivity index is 2.42. The van der Waals surface area contributed by atoms with Crippen LogP contribution in [0.1, 0.15) is 187 Å². The molecule has 0 aromatic rings. The van der Waals surface area contributed by atoms with E-state index in [9.17, 15) is 39.8 Å². The van der Waals surface area contributed by atoms with E-state index in [0.717, 1.165) is 70.6 Å². The highest BCUT2D eigenvalue weighted by molar-refractivity contribution is 7.47. The Morgan fingerprint density at radius 2 is 0.930 bits per heavy atom. The number of phosphoric ester groups is 1. The van der Waals surface area contributed by atoms with E-state index >= 15 is 0 Å². The van der Waals surface area contributed by atoms with Crippen molar-refractivity contribution in [1.82, 2.24) is 0 Å². The van der Waals surface area contributed by atoms with Crippen LogP contribution in [0.2, 0.25) is 0 Å². The maximum absolute atomic E-state index is 12.8. The standard InChI is InChI=1S/C44H83O12P/c1-3-5-7-9-11-13-15-17-19-21-23-25-27-29-31-33-38(45)55-37(36-54-57(51,52)56-44-42(49)40(47)39(46)41(48)43(44)50)35-53-34-32-30-28-26-24-22-20-18-16-14-12-10-8-6-4-2/h16-19,37,39-44,46-50H,3-15,20-36H2,1-2H3,(H,51,52)/b18-16-,19-17-. The predicted molar refractivity (Wildman–Crippen MR) is 226 cm³/mol. The molecule has 6 atom stereocenters. The second-order valence-corrected chi connectivity index (χ2v) is 17.3. The minimum Gasteiger partial charge on any atom is -0.457 e. The molecule has 57 heavy (non-hydrogen) atoms. The summed E-state index contributed by atoms with van der Waals surface area (Å²) in [4.78, 5) is 23.1. The van der Waals surface area contributed by atoms with E-state index in [2.05, 4.69) is 38.2 Å². The van der Waals surface area contributed by atoms with Gasteiger partial charge in [-0.15, -0.1) is 0 Å². The van der Waals surface area contributed by atoms with Crippen LogP contribution < -0.4 is 0 Å². The monoisotopic (exact) mass is 835 g/mol. The average molecular weight is 835 g/mol. The van der Waals surface area contributed by atoms with Crippen LogP contribution in [-0.2, 0) is 27.9 Å². The number of carbonyl (C=O) groups excluding carboxylic acids is 1. The molecule has 1 saturated carbocycles. The van der Waals surface area contributed by atoms with Crippen molar-refractivity contribution in [2.75, 3.05) is 19.8 Å². The molecule has 0 radical (unpaired) electrons. The number of hydrogen-bond acceptors (Lipinski definition) is 11. The van der Waals surface area contributed by atoms with E-state index in [-0.39, 0.29) is 13.0 Å². The third-order valence-corrected chi connectivity index (χ3v) is 11.5. The number of carbonyl (C=O) groups is 1. The van der Waals surface area contributed by atoms with Gasteiger partial charge >= 0.3 is 13.8 Å². The molecule has 1 rings (SSSR count). The molecule has 6 unspecified atom stereocenters. The number of aliphatic hydroxyl groups is 5. The highest BCUT2D eigenvalue weighted by Crippen LogP contribution is 2.47. The number of aliphatic hydroxyl groups excluding tert-OH is 5. The van der Waals surface area contributed by atoms with Crippen molar-refractivity contribution in [3.05, 3.63) is 24.3 Å². The highest BCUT2D eigenvalue weighted by Gasteiger charge is 2.51. The van der Waals surface area contributed by atoms with Gasteiger partial charge in [0.2, 0.25) is 0 Å². The van der Waals surface area contributed by atoms with Crippen molar-refractivity contribution in [2.45, 2.75) is 230 Å². The average Bonchev–Trinajstić information content (AvgIpc) is 3.19. The topological polar surface area (TPSA) is 192 Å². The zero-order valence-corrected chi connectivity index (χ0v) is 36.5. The predicted octanol–water partition coefficient (Wildman–Crippen LogP) is 8.92. The van der Waals surface area contributed by atoms with Crippen LogP contribution in [0.4, 0.5) is 0 Å². The van der Waals surface area contributed by atoms with Gasteiger partial charge < -0.3 is 39.9 Å². The van der Waals surface area contributed by atoms with Gasteiger partial charge in [-0.1, -0.05) is 141 Å². The van der Waals surface area contributed by atoms with Crippen LogP contribution in [0.3, 0.4) is 0 Å².